The second-order valence-corrected chi connectivity index (χ2v) is 17.8. The number of halogens is 2. The molecule has 0 amide bonds. The summed E-state index contributed by atoms with van der Waals surface area (Å²) in [7, 11) is -0.462. The average Bonchev–Trinajstić information content (AvgIpc) is 3.82. The fourth-order valence-corrected chi connectivity index (χ4v) is 10.5. The zero-order valence-corrected chi connectivity index (χ0v) is 29.9. The lowest BCUT2D eigenvalue weighted by Gasteiger charge is -2.42. The first-order chi connectivity index (χ1) is 24.6. The fraction of sp³-hybridized carbons (Fsp3) is 0.541. The number of rotatable bonds is 7. The Morgan fingerprint density at radius 2 is 1.94 bits per heavy atom. The summed E-state index contributed by atoms with van der Waals surface area (Å²) in [4.78, 5) is 19.1. The minimum Gasteiger partial charge on any atom is -0.508 e. The predicted molar refractivity (Wildman–Crippen MR) is 192 cm³/mol. The van der Waals surface area contributed by atoms with Crippen LogP contribution in [0.3, 0.4) is 0 Å². The lowest BCUT2D eigenvalue weighted by Crippen LogP contribution is -2.62. The lowest BCUT2D eigenvalue weighted by atomic mass is 9.94. The van der Waals surface area contributed by atoms with Crippen molar-refractivity contribution in [1.29, 1.82) is 0 Å². The van der Waals surface area contributed by atoms with Gasteiger partial charge in [-0.1, -0.05) is 13.0 Å². The molecular weight excluding hydrogens is 677 g/mol. The number of aryl methyl sites for hydroxylation is 1. The van der Waals surface area contributed by atoms with Crippen LogP contribution in [0.25, 0.3) is 32.9 Å². The molecule has 4 aliphatic heterocycles. The number of piperazine rings is 1. The molecule has 0 radical (unpaired) electrons. The molecule has 2 aromatic carbocycles. The molecule has 2 N–H and O–H groups in total. The van der Waals surface area contributed by atoms with Crippen LogP contribution in [0.15, 0.2) is 28.6 Å². The fourth-order valence-electron chi connectivity index (χ4n) is 8.88. The number of ether oxygens (including phenoxy) is 2. The van der Waals surface area contributed by atoms with Gasteiger partial charge in [-0.15, -0.1) is 0 Å². The van der Waals surface area contributed by atoms with Crippen molar-refractivity contribution < 1.29 is 27.6 Å². The number of aromatic nitrogens is 3. The molecule has 4 aromatic rings. The van der Waals surface area contributed by atoms with Crippen LogP contribution >= 0.6 is 0 Å². The second kappa shape index (κ2) is 12.1. The van der Waals surface area contributed by atoms with Crippen molar-refractivity contribution in [3.8, 4) is 28.9 Å². The highest BCUT2D eigenvalue weighted by Gasteiger charge is 2.48. The SMILES string of the molecule is CCc1c(F)ccc2cc(O)cc(-c3nc4c5c(nc(OCC6(CN7CCS(=O)(=NC)CC7)CC6)nc5c3F)N3CC5CCC(N5)C3C(C)O4)c12. The average molecular weight is 720 g/mol. The number of pyridine rings is 1. The number of aromatic hydroxyl groups is 1. The molecule has 4 atom stereocenters. The molecule has 270 valence electrons. The Morgan fingerprint density at radius 3 is 2.69 bits per heavy atom. The summed E-state index contributed by atoms with van der Waals surface area (Å²) >= 11 is 0. The van der Waals surface area contributed by atoms with Crippen LogP contribution in [0.5, 0.6) is 17.6 Å². The van der Waals surface area contributed by atoms with Gasteiger partial charge >= 0.3 is 6.01 Å². The van der Waals surface area contributed by atoms with Gasteiger partial charge in [0.2, 0.25) is 5.88 Å². The van der Waals surface area contributed by atoms with Crippen molar-refractivity contribution in [3.63, 3.8) is 0 Å². The molecular formula is C37H43F2N7O4S. The van der Waals surface area contributed by atoms with Crippen LogP contribution in [0.4, 0.5) is 14.6 Å². The van der Waals surface area contributed by atoms with Gasteiger partial charge in [0.1, 0.15) is 40.1 Å². The lowest BCUT2D eigenvalue weighted by molar-refractivity contribution is 0.154. The van der Waals surface area contributed by atoms with Crippen LogP contribution in [0, 0.1) is 17.0 Å². The van der Waals surface area contributed by atoms with Gasteiger partial charge in [-0.2, -0.15) is 9.97 Å². The predicted octanol–water partition coefficient (Wildman–Crippen LogP) is 5.05. The Kier molecular flexibility index (Phi) is 7.82. The van der Waals surface area contributed by atoms with E-state index >= 15 is 8.78 Å². The van der Waals surface area contributed by atoms with Crippen LogP contribution in [0.1, 0.15) is 45.1 Å². The molecule has 4 unspecified atom stereocenters. The zero-order valence-electron chi connectivity index (χ0n) is 29.1. The van der Waals surface area contributed by atoms with Crippen molar-refractivity contribution >= 4 is 37.2 Å². The van der Waals surface area contributed by atoms with Crippen LogP contribution < -0.4 is 19.7 Å². The maximum atomic E-state index is 17.3. The summed E-state index contributed by atoms with van der Waals surface area (Å²) in [5.74, 6) is 0.673. The summed E-state index contributed by atoms with van der Waals surface area (Å²) in [5, 5.41) is 15.9. The second-order valence-electron chi connectivity index (χ2n) is 15.0. The van der Waals surface area contributed by atoms with E-state index in [-0.39, 0.29) is 64.1 Å². The number of nitrogens with zero attached hydrogens (tertiary/aromatic N) is 6. The zero-order chi connectivity index (χ0) is 35.2. The Hall–Kier alpha value is -3.88. The minimum absolute atomic E-state index is 0.0126. The van der Waals surface area contributed by atoms with Crippen LogP contribution in [0.2, 0.25) is 0 Å². The number of phenols is 1. The largest absolute Gasteiger partial charge is 0.508 e. The summed E-state index contributed by atoms with van der Waals surface area (Å²) in [6.45, 7) is 7.17. The molecule has 4 fully saturated rings. The van der Waals surface area contributed by atoms with Crippen LogP contribution in [-0.2, 0) is 16.1 Å². The molecule has 5 aliphatic rings. The third-order valence-corrected chi connectivity index (χ3v) is 14.1. The highest BCUT2D eigenvalue weighted by atomic mass is 32.2. The molecule has 2 bridgehead atoms. The third kappa shape index (κ3) is 5.56. The maximum Gasteiger partial charge on any atom is 0.319 e. The van der Waals surface area contributed by atoms with E-state index in [1.165, 1.54) is 12.1 Å². The minimum atomic E-state index is -2.11. The smallest absolute Gasteiger partial charge is 0.319 e. The maximum absolute atomic E-state index is 17.3. The van der Waals surface area contributed by atoms with Crippen molar-refractivity contribution in [2.75, 3.05) is 56.2 Å². The van der Waals surface area contributed by atoms with E-state index in [1.807, 2.05) is 13.8 Å². The van der Waals surface area contributed by atoms with Crippen molar-refractivity contribution in [1.82, 2.24) is 25.2 Å². The van der Waals surface area contributed by atoms with E-state index in [9.17, 15) is 9.32 Å². The summed E-state index contributed by atoms with van der Waals surface area (Å²) in [5.41, 5.74) is 0.511. The van der Waals surface area contributed by atoms with E-state index in [4.69, 9.17) is 24.4 Å². The van der Waals surface area contributed by atoms with Crippen molar-refractivity contribution in [2.45, 2.75) is 70.2 Å². The summed E-state index contributed by atoms with van der Waals surface area (Å²) in [6, 6.07) is 6.35. The van der Waals surface area contributed by atoms with Gasteiger partial charge in [0.05, 0.1) is 12.6 Å². The number of nitrogens with one attached hydrogen (secondary N) is 1. The molecule has 3 saturated heterocycles. The van der Waals surface area contributed by atoms with E-state index in [1.54, 1.807) is 19.2 Å². The number of fused-ring (bicyclic) bond motifs is 6. The van der Waals surface area contributed by atoms with E-state index < -0.39 is 21.4 Å². The molecule has 14 heteroatoms. The number of anilines is 1. The summed E-state index contributed by atoms with van der Waals surface area (Å²) in [6.07, 6.45) is 4.02. The van der Waals surface area contributed by atoms with Gasteiger partial charge in [0.25, 0.3) is 0 Å². The molecule has 1 saturated carbocycles. The highest BCUT2D eigenvalue weighted by Crippen LogP contribution is 2.48. The Bertz CT molecular complexity index is 2190. The Balaban J connectivity index is 1.16. The third-order valence-electron chi connectivity index (χ3n) is 11.8. The van der Waals surface area contributed by atoms with Crippen molar-refractivity contribution in [3.05, 3.63) is 41.5 Å². The van der Waals surface area contributed by atoms with Crippen LogP contribution in [-0.4, -0.2) is 105 Å². The first-order valence-corrected chi connectivity index (χ1v) is 19.9. The number of phenolic OH excluding ortho intramolecular Hbond substituents is 1. The molecule has 11 nitrogen and oxygen atoms in total. The van der Waals surface area contributed by atoms with Gasteiger partial charge in [0, 0.05) is 77.5 Å². The first kappa shape index (κ1) is 33.0. The molecule has 6 heterocycles. The molecule has 0 spiro atoms. The number of benzene rings is 2. The van der Waals surface area contributed by atoms with Gasteiger partial charge in [-0.25, -0.2) is 22.3 Å². The molecule has 2 aromatic heterocycles. The van der Waals surface area contributed by atoms with Gasteiger partial charge in [0.15, 0.2) is 5.82 Å². The monoisotopic (exact) mass is 719 g/mol. The van der Waals surface area contributed by atoms with E-state index in [0.29, 0.717) is 58.6 Å². The van der Waals surface area contributed by atoms with Gasteiger partial charge < -0.3 is 29.7 Å². The number of hydrogen-bond acceptors (Lipinski definition) is 11. The topological polar surface area (TPSA) is 125 Å². The summed E-state index contributed by atoms with van der Waals surface area (Å²) < 4.78 is 62.4. The van der Waals surface area contributed by atoms with E-state index in [0.717, 1.165) is 45.3 Å². The molecule has 51 heavy (non-hydrogen) atoms. The normalized spacial score (nSPS) is 26.1. The highest BCUT2D eigenvalue weighted by molar-refractivity contribution is 7.93. The van der Waals surface area contributed by atoms with Gasteiger partial charge in [-0.05, 0) is 73.6 Å². The van der Waals surface area contributed by atoms with Crippen molar-refractivity contribution in [2.24, 2.45) is 9.78 Å². The van der Waals surface area contributed by atoms with E-state index in [2.05, 4.69) is 19.5 Å². The first-order valence-electron chi connectivity index (χ1n) is 18.1. The number of hydrogen-bond donors (Lipinski definition) is 2. The molecule has 9 rings (SSSR count). The Labute approximate surface area is 295 Å². The van der Waals surface area contributed by atoms with Gasteiger partial charge in [-0.3, -0.25) is 0 Å². The quantitative estimate of drug-likeness (QED) is 0.268. The Morgan fingerprint density at radius 1 is 1.14 bits per heavy atom. The molecule has 1 aliphatic carbocycles. The standard InChI is InChI=1S/C37H43F2N7O4S/c1-4-24-26(38)7-5-21-15-23(47)16-25(28(21)24)31-30(39)32-29-34(46-17-22-6-8-27(41-22)33(46)20(2)50-35(29)42-31)44-36(43-32)49-19-37(9-10-37)18-45-11-13-51(48,40-3)14-12-45/h5,7,15-16,20,22,27,33,41,47H,4,6,8-14,17-19H2,1-3H3.